The van der Waals surface area contributed by atoms with E-state index in [1.54, 1.807) is 5.57 Å². The van der Waals surface area contributed by atoms with Gasteiger partial charge in [0.1, 0.15) is 0 Å². The Morgan fingerprint density at radius 2 is 1.25 bits per heavy atom. The normalized spacial score (nSPS) is 22.6. The molecule has 2 nitrogen and oxygen atoms in total. The van der Waals surface area contributed by atoms with Gasteiger partial charge in [-0.3, -0.25) is 0 Å². The van der Waals surface area contributed by atoms with Crippen LogP contribution in [-0.4, -0.2) is 21.6 Å². The van der Waals surface area contributed by atoms with Crippen LogP contribution in [0.1, 0.15) is 84.5 Å². The van der Waals surface area contributed by atoms with Gasteiger partial charge in [0.15, 0.2) is 0 Å². The molecule has 1 aliphatic heterocycles. The maximum absolute atomic E-state index is 2.80. The summed E-state index contributed by atoms with van der Waals surface area (Å²) in [6, 6.07) is 52.4. The first-order valence-corrected chi connectivity index (χ1v) is 23.7. The van der Waals surface area contributed by atoms with E-state index < -0.39 is 5.41 Å². The third-order valence-electron chi connectivity index (χ3n) is 16.4. The highest BCUT2D eigenvalue weighted by molar-refractivity contribution is 5.99. The lowest BCUT2D eigenvalue weighted by Gasteiger charge is -2.44. The molecule has 0 radical (unpaired) electrons. The monoisotopic (exact) mass is 822 g/mol. The Kier molecular flexibility index (Phi) is 7.74. The molecule has 6 aromatic carbocycles. The highest BCUT2D eigenvalue weighted by Crippen LogP contribution is 2.64. The number of hydrogen-bond donors (Lipinski definition) is 0. The van der Waals surface area contributed by atoms with Gasteiger partial charge in [-0.1, -0.05) is 153 Å². The summed E-state index contributed by atoms with van der Waals surface area (Å²) < 4.78 is 2.50. The Morgan fingerprint density at radius 3 is 2.03 bits per heavy atom. The Labute approximate surface area is 376 Å². The molecule has 64 heavy (non-hydrogen) atoms. The summed E-state index contributed by atoms with van der Waals surface area (Å²) >= 11 is 0. The summed E-state index contributed by atoms with van der Waals surface area (Å²) in [5.41, 5.74) is 24.6. The van der Waals surface area contributed by atoms with Crippen molar-refractivity contribution in [3.8, 4) is 39.1 Å². The molecule has 2 heterocycles. The molecule has 0 bridgehead atoms. The Morgan fingerprint density at radius 1 is 0.578 bits per heavy atom. The van der Waals surface area contributed by atoms with Crippen LogP contribution in [0.5, 0.6) is 0 Å². The van der Waals surface area contributed by atoms with E-state index >= 15 is 0 Å². The van der Waals surface area contributed by atoms with Crippen molar-refractivity contribution in [2.24, 2.45) is 5.41 Å². The van der Waals surface area contributed by atoms with Crippen LogP contribution in [0.25, 0.3) is 61.6 Å². The molecular weight excluding hydrogens is 773 g/mol. The van der Waals surface area contributed by atoms with Crippen LogP contribution < -0.4 is 0 Å². The lowest BCUT2D eigenvalue weighted by atomic mass is 9.65. The Hall–Kier alpha value is -6.90. The van der Waals surface area contributed by atoms with Gasteiger partial charge < -0.3 is 9.47 Å². The number of allylic oxidation sites excluding steroid dienone is 6. The molecular formula is C62H50N2. The number of hydrogen-bond acceptors (Lipinski definition) is 1. The fourth-order valence-electron chi connectivity index (χ4n) is 13.7. The topological polar surface area (TPSA) is 8.17 Å². The van der Waals surface area contributed by atoms with Crippen LogP contribution in [-0.2, 0) is 11.8 Å². The van der Waals surface area contributed by atoms with Crippen LogP contribution in [0.15, 0.2) is 193 Å². The number of rotatable bonds is 4. The van der Waals surface area contributed by atoms with Gasteiger partial charge >= 0.3 is 0 Å². The first-order chi connectivity index (χ1) is 31.6. The third-order valence-corrected chi connectivity index (χ3v) is 16.4. The maximum atomic E-state index is 2.80. The lowest BCUT2D eigenvalue weighted by Crippen LogP contribution is -2.46. The van der Waals surface area contributed by atoms with E-state index in [1.807, 2.05) is 0 Å². The predicted molar refractivity (Wildman–Crippen MR) is 265 cm³/mol. The van der Waals surface area contributed by atoms with E-state index in [0.717, 1.165) is 38.5 Å². The minimum Gasteiger partial charge on any atom is -0.361 e. The smallest absolute Gasteiger partial charge is 0.0725 e. The van der Waals surface area contributed by atoms with E-state index in [4.69, 9.17) is 0 Å². The van der Waals surface area contributed by atoms with Crippen LogP contribution >= 0.6 is 0 Å². The molecule has 3 unspecified atom stereocenters. The lowest BCUT2D eigenvalue weighted by molar-refractivity contribution is 0.149. The molecule has 6 aliphatic carbocycles. The SMILES string of the molecule is CC12CC(c3ccc4c(c3)C3(c5ccccc5-c5ccccc53)c3cc(-c5ccc6c(c5)c5c(n6-c6ccccc6)CCC=C5)ccc3-4)=CCC1N(C1C=CC=CC1)C1=C2CCC=C1. The second-order valence-corrected chi connectivity index (χ2v) is 19.5. The number of para-hydroxylation sites is 1. The highest BCUT2D eigenvalue weighted by atomic mass is 15.2. The van der Waals surface area contributed by atoms with Crippen LogP contribution in [0, 0.1) is 5.41 Å². The van der Waals surface area contributed by atoms with Gasteiger partial charge in [0.2, 0.25) is 0 Å². The average molecular weight is 823 g/mol. The number of fused-ring (bicyclic) bond motifs is 15. The number of benzene rings is 6. The minimum atomic E-state index is -0.428. The van der Waals surface area contributed by atoms with Crippen LogP contribution in [0.3, 0.4) is 0 Å². The molecule has 0 saturated carbocycles. The molecule has 7 aliphatic rings. The van der Waals surface area contributed by atoms with Gasteiger partial charge in [-0.15, -0.1) is 0 Å². The minimum absolute atomic E-state index is 0.0957. The molecule has 1 aromatic heterocycles. The highest BCUT2D eigenvalue weighted by Gasteiger charge is 2.54. The molecule has 3 atom stereocenters. The van der Waals surface area contributed by atoms with Crippen LogP contribution in [0.4, 0.5) is 0 Å². The Balaban J connectivity index is 0.927. The summed E-state index contributed by atoms with van der Waals surface area (Å²) in [5.74, 6) is 0. The third kappa shape index (κ3) is 4.86. The molecule has 2 heteroatoms. The summed E-state index contributed by atoms with van der Waals surface area (Å²) in [6.45, 7) is 2.59. The zero-order valence-electron chi connectivity index (χ0n) is 36.4. The number of nitrogens with zero attached hydrogens (tertiary/aromatic N) is 2. The van der Waals surface area contributed by atoms with E-state index in [2.05, 4.69) is 205 Å². The van der Waals surface area contributed by atoms with Crippen molar-refractivity contribution in [1.29, 1.82) is 0 Å². The quantitative estimate of drug-likeness (QED) is 0.172. The van der Waals surface area contributed by atoms with Crippen molar-refractivity contribution in [2.45, 2.75) is 69.4 Å². The maximum Gasteiger partial charge on any atom is 0.0725 e. The average Bonchev–Trinajstić information content (AvgIpc) is 4.04. The zero-order valence-corrected chi connectivity index (χ0v) is 36.4. The number of aromatic nitrogens is 1. The van der Waals surface area contributed by atoms with E-state index in [0.29, 0.717) is 12.1 Å². The Bertz CT molecular complexity index is 3300. The van der Waals surface area contributed by atoms with Gasteiger partial charge in [0, 0.05) is 39.5 Å². The molecule has 0 amide bonds. The summed E-state index contributed by atoms with van der Waals surface area (Å²) in [6.07, 6.45) is 29.1. The van der Waals surface area contributed by atoms with Crippen molar-refractivity contribution in [3.63, 3.8) is 0 Å². The van der Waals surface area contributed by atoms with Gasteiger partial charge in [0.05, 0.1) is 17.0 Å². The van der Waals surface area contributed by atoms with Gasteiger partial charge in [0.25, 0.3) is 0 Å². The van der Waals surface area contributed by atoms with E-state index in [-0.39, 0.29) is 5.41 Å². The fraction of sp³-hybridized carbons (Fsp3) is 0.194. The molecule has 0 fully saturated rings. The zero-order chi connectivity index (χ0) is 42.1. The largest absolute Gasteiger partial charge is 0.361 e. The first-order valence-electron chi connectivity index (χ1n) is 23.7. The van der Waals surface area contributed by atoms with Crippen molar-refractivity contribution in [2.75, 3.05) is 0 Å². The standard InChI is InChI=1S/C62H50N2/c1-61-39-43(31-35-60(61)64(45-18-6-3-7-19-45)59-27-15-13-25-54(59)61)42-29-33-49-48-32-28-41(37-55(48)62(56(49)38-42)52-23-11-8-20-46(52)47-21-9-12-24-53(47)62)40-30-34-58-51(36-40)50-22-10-14-26-57(50)63(58)44-16-4-2-5-17-44/h2-12,15-18,20-24,27-34,36-38,45,60H,13-14,19,25-26,35,39H2,1H3. The molecule has 308 valence electrons. The second-order valence-electron chi connectivity index (χ2n) is 19.5. The van der Waals surface area contributed by atoms with Crippen LogP contribution in [0.2, 0.25) is 0 Å². The molecule has 7 aromatic rings. The predicted octanol–water partition coefficient (Wildman–Crippen LogP) is 15.0. The van der Waals surface area contributed by atoms with Crippen molar-refractivity contribution in [1.82, 2.24) is 9.47 Å². The van der Waals surface area contributed by atoms with E-state index in [1.165, 1.54) is 107 Å². The first kappa shape index (κ1) is 36.6. The van der Waals surface area contributed by atoms with Gasteiger partial charge in [-0.05, 0) is 160 Å². The fourth-order valence-corrected chi connectivity index (χ4v) is 13.7. The van der Waals surface area contributed by atoms with Crippen molar-refractivity contribution < 1.29 is 0 Å². The summed E-state index contributed by atoms with van der Waals surface area (Å²) in [7, 11) is 0. The van der Waals surface area contributed by atoms with Crippen molar-refractivity contribution >= 4 is 22.6 Å². The summed E-state index contributed by atoms with van der Waals surface area (Å²) in [5, 5.41) is 1.33. The second kappa shape index (κ2) is 13.6. The molecule has 1 spiro atoms. The summed E-state index contributed by atoms with van der Waals surface area (Å²) in [4.78, 5) is 2.80. The van der Waals surface area contributed by atoms with E-state index in [9.17, 15) is 0 Å². The van der Waals surface area contributed by atoms with Crippen molar-refractivity contribution in [3.05, 3.63) is 232 Å². The van der Waals surface area contributed by atoms with Gasteiger partial charge in [-0.2, -0.15) is 0 Å². The van der Waals surface area contributed by atoms with Gasteiger partial charge in [-0.25, -0.2) is 0 Å². The molecule has 0 saturated heterocycles. The molecule has 0 N–H and O–H groups in total. The molecule has 14 rings (SSSR count).